The summed E-state index contributed by atoms with van der Waals surface area (Å²) in [5.74, 6) is 0.443. The molecule has 0 saturated carbocycles. The highest BCUT2D eigenvalue weighted by Crippen LogP contribution is 2.46. The van der Waals surface area contributed by atoms with Crippen molar-refractivity contribution in [2.75, 3.05) is 0 Å². The fourth-order valence-corrected chi connectivity index (χ4v) is 8.67. The molecule has 8 aromatic carbocycles. The van der Waals surface area contributed by atoms with Crippen molar-refractivity contribution in [3.05, 3.63) is 223 Å². The van der Waals surface area contributed by atoms with Gasteiger partial charge in [0.15, 0.2) is 11.6 Å². The molecule has 0 unspecified atom stereocenters. The molecular formula is C58H35F3N6. The van der Waals surface area contributed by atoms with Gasteiger partial charge in [0.1, 0.15) is 0 Å². The van der Waals surface area contributed by atoms with Gasteiger partial charge < -0.3 is 4.57 Å². The Bertz CT molecular complexity index is 3400. The van der Waals surface area contributed by atoms with E-state index in [1.807, 2.05) is 187 Å². The van der Waals surface area contributed by atoms with Gasteiger partial charge in [-0.05, 0) is 59.7 Å². The second kappa shape index (κ2) is 16.8. The van der Waals surface area contributed by atoms with E-state index >= 15 is 13.2 Å². The first-order valence-electron chi connectivity index (χ1n) is 21.6. The van der Waals surface area contributed by atoms with Gasteiger partial charge in [-0.2, -0.15) is 18.4 Å². The monoisotopic (exact) mass is 872 g/mol. The molecule has 0 fully saturated rings. The molecule has 0 spiro atoms. The lowest BCUT2D eigenvalue weighted by atomic mass is 9.96. The van der Waals surface area contributed by atoms with E-state index in [0.717, 1.165) is 49.6 Å². The van der Waals surface area contributed by atoms with E-state index < -0.39 is 11.7 Å². The van der Waals surface area contributed by atoms with Gasteiger partial charge >= 0.3 is 6.18 Å². The maximum Gasteiger partial charge on any atom is 0.416 e. The summed E-state index contributed by atoms with van der Waals surface area (Å²) in [5, 5.41) is 11.3. The Labute approximate surface area is 383 Å². The van der Waals surface area contributed by atoms with Crippen molar-refractivity contribution in [1.29, 1.82) is 5.26 Å². The zero-order valence-electron chi connectivity index (χ0n) is 35.5. The summed E-state index contributed by atoms with van der Waals surface area (Å²) in [5.41, 5.74) is 8.49. The van der Waals surface area contributed by atoms with E-state index in [1.54, 1.807) is 18.2 Å². The van der Waals surface area contributed by atoms with E-state index in [0.29, 0.717) is 39.7 Å². The number of nitrogens with zero attached hydrogens (tertiary/aromatic N) is 6. The third kappa shape index (κ3) is 7.77. The van der Waals surface area contributed by atoms with Crippen LogP contribution in [0.2, 0.25) is 0 Å². The molecular weight excluding hydrogens is 838 g/mol. The van der Waals surface area contributed by atoms with Crippen molar-refractivity contribution in [2.45, 2.75) is 6.18 Å². The predicted molar refractivity (Wildman–Crippen MR) is 260 cm³/mol. The molecule has 0 aliphatic heterocycles. The van der Waals surface area contributed by atoms with Gasteiger partial charge in [0.2, 0.25) is 0 Å². The Morgan fingerprint density at radius 3 is 1.42 bits per heavy atom. The van der Waals surface area contributed by atoms with Crippen molar-refractivity contribution < 1.29 is 13.2 Å². The van der Waals surface area contributed by atoms with E-state index in [4.69, 9.17) is 19.9 Å². The molecule has 67 heavy (non-hydrogen) atoms. The summed E-state index contributed by atoms with van der Waals surface area (Å²) in [6.07, 6.45) is -4.79. The summed E-state index contributed by atoms with van der Waals surface area (Å²) in [6, 6.07) is 67.6. The van der Waals surface area contributed by atoms with Crippen LogP contribution in [0.1, 0.15) is 11.1 Å². The molecule has 0 aliphatic rings. The zero-order valence-corrected chi connectivity index (χ0v) is 35.5. The van der Waals surface area contributed by atoms with Crippen molar-refractivity contribution in [1.82, 2.24) is 24.5 Å². The highest BCUT2D eigenvalue weighted by atomic mass is 19.4. The topological polar surface area (TPSA) is 80.3 Å². The Hall–Kier alpha value is -9.00. The second-order valence-corrected chi connectivity index (χ2v) is 16.1. The largest absolute Gasteiger partial charge is 0.416 e. The number of rotatable bonds is 8. The quantitative estimate of drug-likeness (QED) is 0.152. The van der Waals surface area contributed by atoms with Gasteiger partial charge in [-0.15, -0.1) is 0 Å². The van der Waals surface area contributed by atoms with Crippen molar-refractivity contribution >= 4 is 21.8 Å². The number of aromatic nitrogens is 5. The van der Waals surface area contributed by atoms with Crippen molar-refractivity contribution in [2.24, 2.45) is 0 Å². The third-order valence-electron chi connectivity index (χ3n) is 11.9. The molecule has 11 aromatic rings. The summed E-state index contributed by atoms with van der Waals surface area (Å²) in [6.45, 7) is 0. The van der Waals surface area contributed by atoms with Gasteiger partial charge in [0.05, 0.1) is 56.7 Å². The Morgan fingerprint density at radius 2 is 0.851 bits per heavy atom. The SMILES string of the molecule is N#Cc1ccc(-c2ccc3c4ccccc4n(-c4c(-c5cc(-c6ccccc6)nc(-c6ccccc6)n5)cc(C(F)(F)F)cc4-c4nc(-c5ccccc5)cc(-c5ccccc5)n4)c3c2)cc1. The number of nitriles is 1. The molecule has 318 valence electrons. The van der Waals surface area contributed by atoms with Crippen LogP contribution in [0.15, 0.2) is 212 Å². The fourth-order valence-electron chi connectivity index (χ4n) is 8.67. The fraction of sp³-hybridized carbons (Fsp3) is 0.0172. The van der Waals surface area contributed by atoms with Crippen molar-refractivity contribution in [3.63, 3.8) is 0 Å². The molecule has 6 nitrogen and oxygen atoms in total. The highest BCUT2D eigenvalue weighted by Gasteiger charge is 2.35. The van der Waals surface area contributed by atoms with Crippen LogP contribution in [0, 0.1) is 11.3 Å². The van der Waals surface area contributed by atoms with Gasteiger partial charge in [-0.25, -0.2) is 19.9 Å². The summed E-state index contributed by atoms with van der Waals surface area (Å²) in [7, 11) is 0. The van der Waals surface area contributed by atoms with Crippen LogP contribution in [0.4, 0.5) is 13.2 Å². The molecule has 0 N–H and O–H groups in total. The third-order valence-corrected chi connectivity index (χ3v) is 11.9. The minimum atomic E-state index is -4.79. The highest BCUT2D eigenvalue weighted by molar-refractivity contribution is 6.11. The van der Waals surface area contributed by atoms with Crippen LogP contribution in [0.5, 0.6) is 0 Å². The van der Waals surface area contributed by atoms with E-state index in [-0.39, 0.29) is 22.6 Å². The number of para-hydroxylation sites is 1. The van der Waals surface area contributed by atoms with Gasteiger partial charge in [-0.3, -0.25) is 0 Å². The van der Waals surface area contributed by atoms with Gasteiger partial charge in [-0.1, -0.05) is 164 Å². The molecule has 0 atom stereocenters. The van der Waals surface area contributed by atoms with Crippen LogP contribution < -0.4 is 0 Å². The number of hydrogen-bond donors (Lipinski definition) is 0. The zero-order chi connectivity index (χ0) is 45.5. The van der Waals surface area contributed by atoms with Crippen LogP contribution in [0.25, 0.3) is 106 Å². The average Bonchev–Trinajstić information content (AvgIpc) is 3.72. The van der Waals surface area contributed by atoms with E-state index in [2.05, 4.69) is 6.07 Å². The first-order chi connectivity index (χ1) is 32.8. The van der Waals surface area contributed by atoms with Crippen molar-refractivity contribution in [3.8, 4) is 90.7 Å². The summed E-state index contributed by atoms with van der Waals surface area (Å²) in [4.78, 5) is 20.4. The predicted octanol–water partition coefficient (Wildman–Crippen LogP) is 14.9. The van der Waals surface area contributed by atoms with Crippen LogP contribution in [-0.2, 0) is 6.18 Å². The number of halogens is 3. The number of hydrogen-bond acceptors (Lipinski definition) is 5. The molecule has 3 aromatic heterocycles. The minimum Gasteiger partial charge on any atom is -0.308 e. The lowest BCUT2D eigenvalue weighted by molar-refractivity contribution is -0.137. The Kier molecular flexibility index (Phi) is 10.2. The van der Waals surface area contributed by atoms with E-state index in [1.165, 1.54) is 12.1 Å². The van der Waals surface area contributed by atoms with Gasteiger partial charge in [0.25, 0.3) is 0 Å². The standard InChI is InChI=1S/C58H35F3N6/c59-58(60,61)44-32-47(52-35-51(41-19-9-3-10-20-41)63-56(66-52)42-21-11-4-12-22-42)55(48(33-44)57-64-49(39-15-5-1-6-16-39)34-50(65-57)40-17-7-2-8-18-40)67-53-24-14-13-23-45(53)46-30-29-43(31-54(46)67)38-27-25-37(36-62)26-28-38/h1-35H. The Morgan fingerprint density at radius 1 is 0.388 bits per heavy atom. The molecule has 0 aliphatic carbocycles. The summed E-state index contributed by atoms with van der Waals surface area (Å²) >= 11 is 0. The lowest BCUT2D eigenvalue weighted by Gasteiger charge is -2.22. The van der Waals surface area contributed by atoms with Crippen LogP contribution >= 0.6 is 0 Å². The lowest BCUT2D eigenvalue weighted by Crippen LogP contribution is -2.11. The first kappa shape index (κ1) is 40.8. The summed E-state index contributed by atoms with van der Waals surface area (Å²) < 4.78 is 49.2. The number of fused-ring (bicyclic) bond motifs is 3. The Balaban J connectivity index is 1.31. The minimum absolute atomic E-state index is 0.0948. The normalized spacial score (nSPS) is 11.5. The first-order valence-corrected chi connectivity index (χ1v) is 21.6. The van der Waals surface area contributed by atoms with E-state index in [9.17, 15) is 5.26 Å². The molecule has 9 heteroatoms. The van der Waals surface area contributed by atoms with Crippen LogP contribution in [-0.4, -0.2) is 24.5 Å². The molecule has 0 amide bonds. The molecule has 0 radical (unpaired) electrons. The molecule has 11 rings (SSSR count). The smallest absolute Gasteiger partial charge is 0.308 e. The molecule has 0 bridgehead atoms. The average molecular weight is 873 g/mol. The number of alkyl halides is 3. The maximum atomic E-state index is 15.7. The van der Waals surface area contributed by atoms with Crippen LogP contribution in [0.3, 0.4) is 0 Å². The molecule has 3 heterocycles. The second-order valence-electron chi connectivity index (χ2n) is 16.1. The molecule has 0 saturated heterocycles. The maximum absolute atomic E-state index is 15.7. The van der Waals surface area contributed by atoms with Gasteiger partial charge in [0, 0.05) is 44.2 Å². The number of benzene rings is 8.